The third-order valence-electron chi connectivity index (χ3n) is 5.07. The molecule has 4 aromatic rings. The summed E-state index contributed by atoms with van der Waals surface area (Å²) in [5, 5.41) is 5.46. The van der Waals surface area contributed by atoms with Gasteiger partial charge in [0.15, 0.2) is 5.76 Å². The summed E-state index contributed by atoms with van der Waals surface area (Å²) in [7, 11) is 1.58. The maximum absolute atomic E-state index is 12.7. The molecule has 0 aliphatic rings. The molecule has 0 aliphatic heterocycles. The summed E-state index contributed by atoms with van der Waals surface area (Å²) in [6.45, 7) is -0.000321. The van der Waals surface area contributed by atoms with Crippen molar-refractivity contribution < 1.29 is 28.3 Å². The van der Waals surface area contributed by atoms with Gasteiger partial charge in [-0.05, 0) is 66.2 Å². The second-order valence-corrected chi connectivity index (χ2v) is 7.43. The van der Waals surface area contributed by atoms with Gasteiger partial charge in [-0.25, -0.2) is 4.79 Å². The van der Waals surface area contributed by atoms with E-state index in [2.05, 4.69) is 10.6 Å². The van der Waals surface area contributed by atoms with E-state index in [0.717, 1.165) is 0 Å². The number of nitrogens with one attached hydrogen (secondary N) is 2. The Hall–Kier alpha value is -4.85. The van der Waals surface area contributed by atoms with Gasteiger partial charge in [-0.2, -0.15) is 0 Å². The maximum atomic E-state index is 12.7. The summed E-state index contributed by atoms with van der Waals surface area (Å²) < 4.78 is 15.6. The number of para-hydroxylation sites is 1. The van der Waals surface area contributed by atoms with Crippen LogP contribution in [0.15, 0.2) is 95.6 Å². The largest absolute Gasteiger partial charge is 0.497 e. The van der Waals surface area contributed by atoms with Gasteiger partial charge in [-0.15, -0.1) is 0 Å². The highest BCUT2D eigenvalue weighted by Gasteiger charge is 2.16. The summed E-state index contributed by atoms with van der Waals surface area (Å²) in [5.74, 6) is -0.505. The number of carbonyl (C=O) groups is 3. The fourth-order valence-corrected chi connectivity index (χ4v) is 3.22. The summed E-state index contributed by atoms with van der Waals surface area (Å²) in [6.07, 6.45) is 1.39. The molecule has 8 heteroatoms. The number of rotatable bonds is 8. The van der Waals surface area contributed by atoms with E-state index in [4.69, 9.17) is 13.9 Å². The monoisotopic (exact) mass is 470 g/mol. The number of hydrogen-bond acceptors (Lipinski definition) is 6. The Morgan fingerprint density at radius 1 is 0.800 bits per heavy atom. The van der Waals surface area contributed by atoms with Crippen molar-refractivity contribution in [1.82, 2.24) is 0 Å². The predicted molar refractivity (Wildman–Crippen MR) is 130 cm³/mol. The van der Waals surface area contributed by atoms with Gasteiger partial charge in [0.1, 0.15) is 12.4 Å². The first-order valence-corrected chi connectivity index (χ1v) is 10.7. The molecule has 0 radical (unpaired) electrons. The molecule has 0 spiro atoms. The van der Waals surface area contributed by atoms with Crippen molar-refractivity contribution in [2.45, 2.75) is 6.61 Å². The first kappa shape index (κ1) is 23.3. The average Bonchev–Trinajstić information content (AvgIpc) is 3.44. The van der Waals surface area contributed by atoms with Crippen molar-refractivity contribution in [3.63, 3.8) is 0 Å². The Labute approximate surface area is 201 Å². The summed E-state index contributed by atoms with van der Waals surface area (Å²) in [4.78, 5) is 37.4. The molecule has 0 bridgehead atoms. The highest BCUT2D eigenvalue weighted by molar-refractivity contribution is 6.06. The third kappa shape index (κ3) is 5.94. The molecule has 0 unspecified atom stereocenters. The molecule has 1 heterocycles. The topological polar surface area (TPSA) is 107 Å². The average molecular weight is 470 g/mol. The molecule has 0 fully saturated rings. The van der Waals surface area contributed by atoms with Crippen molar-refractivity contribution in [1.29, 1.82) is 0 Å². The molecule has 3 aromatic carbocycles. The molecule has 35 heavy (non-hydrogen) atoms. The molecule has 2 amide bonds. The Kier molecular flexibility index (Phi) is 7.22. The van der Waals surface area contributed by atoms with Gasteiger partial charge in [0.2, 0.25) is 0 Å². The summed E-state index contributed by atoms with van der Waals surface area (Å²) in [6, 6.07) is 23.4. The minimum atomic E-state index is -0.596. The molecule has 0 saturated carbocycles. The zero-order valence-electron chi connectivity index (χ0n) is 18.8. The van der Waals surface area contributed by atoms with Crippen molar-refractivity contribution >= 4 is 29.2 Å². The molecule has 0 aliphatic carbocycles. The number of amides is 2. The Morgan fingerprint density at radius 2 is 1.54 bits per heavy atom. The number of hydrogen-bond donors (Lipinski definition) is 2. The van der Waals surface area contributed by atoms with Crippen LogP contribution in [0.4, 0.5) is 11.4 Å². The molecule has 2 N–H and O–H groups in total. The number of anilines is 2. The number of ether oxygens (including phenoxy) is 2. The lowest BCUT2D eigenvalue weighted by Crippen LogP contribution is -2.15. The van der Waals surface area contributed by atoms with Crippen LogP contribution in [0.1, 0.15) is 36.8 Å². The molecule has 4 rings (SSSR count). The number of furan rings is 1. The molecule has 0 saturated heterocycles. The fraction of sp³-hybridized carbons (Fsp3) is 0.0741. The highest BCUT2D eigenvalue weighted by atomic mass is 16.5. The first-order chi connectivity index (χ1) is 17.0. The first-order valence-electron chi connectivity index (χ1n) is 10.7. The van der Waals surface area contributed by atoms with E-state index >= 15 is 0 Å². The Balaban J connectivity index is 1.34. The van der Waals surface area contributed by atoms with Crippen LogP contribution in [0, 0.1) is 0 Å². The third-order valence-corrected chi connectivity index (χ3v) is 5.07. The lowest BCUT2D eigenvalue weighted by atomic mass is 10.1. The number of benzene rings is 3. The van der Waals surface area contributed by atoms with Crippen molar-refractivity contribution in [3.05, 3.63) is 114 Å². The molecule has 1 aromatic heterocycles. The minimum absolute atomic E-state index is 0.000321. The lowest BCUT2D eigenvalue weighted by molar-refractivity contribution is 0.0473. The standard InChI is InChI=1S/C27H22N2O6/c1-33-21-14-12-20(13-15-21)28-25(30)19-10-8-18(9-11-19)17-35-27(32)22-5-2-3-6-23(22)29-26(31)24-7-4-16-34-24/h2-16H,17H2,1H3,(H,28,30)(H,29,31). The molecular weight excluding hydrogens is 448 g/mol. The number of esters is 1. The van der Waals surface area contributed by atoms with E-state index in [-0.39, 0.29) is 23.8 Å². The van der Waals surface area contributed by atoms with Crippen LogP contribution in [-0.4, -0.2) is 24.9 Å². The zero-order chi connectivity index (χ0) is 24.6. The van der Waals surface area contributed by atoms with Crippen molar-refractivity contribution in [2.24, 2.45) is 0 Å². The number of methoxy groups -OCH3 is 1. The molecule has 8 nitrogen and oxygen atoms in total. The minimum Gasteiger partial charge on any atom is -0.497 e. The van der Waals surface area contributed by atoms with Gasteiger partial charge in [0.05, 0.1) is 24.6 Å². The van der Waals surface area contributed by atoms with Crippen LogP contribution in [-0.2, 0) is 11.3 Å². The predicted octanol–water partition coefficient (Wildman–Crippen LogP) is 5.15. The van der Waals surface area contributed by atoms with Crippen LogP contribution in [0.3, 0.4) is 0 Å². The zero-order valence-corrected chi connectivity index (χ0v) is 18.8. The molecule has 176 valence electrons. The van der Waals surface area contributed by atoms with Gasteiger partial charge in [-0.1, -0.05) is 24.3 Å². The number of carbonyl (C=O) groups excluding carboxylic acids is 3. The van der Waals surface area contributed by atoms with E-state index in [1.807, 2.05) is 0 Å². The Bertz CT molecular complexity index is 1310. The van der Waals surface area contributed by atoms with Crippen LogP contribution in [0.2, 0.25) is 0 Å². The quantitative estimate of drug-likeness (QED) is 0.345. The van der Waals surface area contributed by atoms with Crippen molar-refractivity contribution in [2.75, 3.05) is 17.7 Å². The van der Waals surface area contributed by atoms with Gasteiger partial charge < -0.3 is 24.5 Å². The second-order valence-electron chi connectivity index (χ2n) is 7.43. The van der Waals surface area contributed by atoms with Gasteiger partial charge >= 0.3 is 5.97 Å². The van der Waals surface area contributed by atoms with Gasteiger partial charge in [-0.3, -0.25) is 9.59 Å². The maximum Gasteiger partial charge on any atom is 0.340 e. The van der Waals surface area contributed by atoms with Crippen molar-refractivity contribution in [3.8, 4) is 5.75 Å². The lowest BCUT2D eigenvalue weighted by Gasteiger charge is -2.11. The van der Waals surface area contributed by atoms with Crippen LogP contribution in [0.25, 0.3) is 0 Å². The van der Waals surface area contributed by atoms with E-state index in [1.165, 1.54) is 12.3 Å². The van der Waals surface area contributed by atoms with E-state index in [1.54, 1.807) is 86.0 Å². The normalized spacial score (nSPS) is 10.3. The van der Waals surface area contributed by atoms with E-state index < -0.39 is 11.9 Å². The van der Waals surface area contributed by atoms with Crippen LogP contribution >= 0.6 is 0 Å². The molecule has 0 atom stereocenters. The van der Waals surface area contributed by atoms with Crippen LogP contribution in [0.5, 0.6) is 5.75 Å². The van der Waals surface area contributed by atoms with Gasteiger partial charge in [0.25, 0.3) is 11.8 Å². The smallest absolute Gasteiger partial charge is 0.340 e. The SMILES string of the molecule is COc1ccc(NC(=O)c2ccc(COC(=O)c3ccccc3NC(=O)c3ccco3)cc2)cc1. The Morgan fingerprint density at radius 3 is 2.23 bits per heavy atom. The second kappa shape index (κ2) is 10.8. The fourth-order valence-electron chi connectivity index (χ4n) is 3.22. The highest BCUT2D eigenvalue weighted by Crippen LogP contribution is 2.19. The van der Waals surface area contributed by atoms with E-state index in [9.17, 15) is 14.4 Å². The summed E-state index contributed by atoms with van der Waals surface area (Å²) >= 11 is 0. The summed E-state index contributed by atoms with van der Waals surface area (Å²) in [5.41, 5.74) is 2.33. The van der Waals surface area contributed by atoms with Gasteiger partial charge in [0, 0.05) is 11.3 Å². The molecular formula is C27H22N2O6. The van der Waals surface area contributed by atoms with E-state index in [0.29, 0.717) is 28.3 Å². The van der Waals surface area contributed by atoms with Crippen LogP contribution < -0.4 is 15.4 Å².